The van der Waals surface area contributed by atoms with Crippen molar-refractivity contribution in [3.05, 3.63) is 41.4 Å². The summed E-state index contributed by atoms with van der Waals surface area (Å²) in [6.07, 6.45) is 3.81. The molecule has 0 spiro atoms. The summed E-state index contributed by atoms with van der Waals surface area (Å²) >= 11 is 5.69. The molecular formula is C17H19ClFN5O2. The minimum absolute atomic E-state index is 0.0434. The average molecular weight is 380 g/mol. The SMILES string of the molecule is COc1cnc(NCCNC2CCN(c3ccc(Cl)c(F)c3)C2=O)nc1. The van der Waals surface area contributed by atoms with Crippen molar-refractivity contribution in [3.8, 4) is 5.75 Å². The molecule has 2 heterocycles. The second-order valence-electron chi connectivity index (χ2n) is 5.76. The number of carbonyl (C=O) groups excluding carboxylic acids is 1. The lowest BCUT2D eigenvalue weighted by Crippen LogP contribution is -2.40. The Kier molecular flexibility index (Phi) is 5.85. The zero-order valence-corrected chi connectivity index (χ0v) is 15.0. The molecule has 26 heavy (non-hydrogen) atoms. The van der Waals surface area contributed by atoms with Gasteiger partial charge in [0.25, 0.3) is 0 Å². The van der Waals surface area contributed by atoms with Gasteiger partial charge in [-0.15, -0.1) is 0 Å². The van der Waals surface area contributed by atoms with Gasteiger partial charge in [0, 0.05) is 25.3 Å². The zero-order chi connectivity index (χ0) is 18.5. The largest absolute Gasteiger partial charge is 0.494 e. The van der Waals surface area contributed by atoms with E-state index in [-0.39, 0.29) is 17.0 Å². The smallest absolute Gasteiger partial charge is 0.244 e. The van der Waals surface area contributed by atoms with Crippen molar-refractivity contribution in [2.75, 3.05) is 37.0 Å². The van der Waals surface area contributed by atoms with Crippen LogP contribution in [0, 0.1) is 5.82 Å². The van der Waals surface area contributed by atoms with Crippen molar-refractivity contribution in [1.29, 1.82) is 0 Å². The third-order valence-corrected chi connectivity index (χ3v) is 4.39. The number of ether oxygens (including phenoxy) is 1. The van der Waals surface area contributed by atoms with Crippen molar-refractivity contribution in [2.24, 2.45) is 0 Å². The fourth-order valence-corrected chi connectivity index (χ4v) is 2.83. The molecule has 2 N–H and O–H groups in total. The zero-order valence-electron chi connectivity index (χ0n) is 14.2. The molecule has 1 fully saturated rings. The summed E-state index contributed by atoms with van der Waals surface area (Å²) in [5, 5.41) is 6.30. The lowest BCUT2D eigenvalue weighted by Gasteiger charge is -2.17. The molecule has 3 rings (SSSR count). The first-order chi connectivity index (χ1) is 12.6. The van der Waals surface area contributed by atoms with Crippen LogP contribution in [0.1, 0.15) is 6.42 Å². The van der Waals surface area contributed by atoms with E-state index in [1.807, 2.05) is 0 Å². The Hall–Kier alpha value is -2.45. The van der Waals surface area contributed by atoms with Crippen molar-refractivity contribution in [1.82, 2.24) is 15.3 Å². The number of nitrogens with zero attached hydrogens (tertiary/aromatic N) is 3. The fraction of sp³-hybridized carbons (Fsp3) is 0.353. The molecule has 0 bridgehead atoms. The molecule has 7 nitrogen and oxygen atoms in total. The van der Waals surface area contributed by atoms with Gasteiger partial charge in [-0.3, -0.25) is 4.79 Å². The Bertz CT molecular complexity index is 774. The molecule has 9 heteroatoms. The van der Waals surface area contributed by atoms with Crippen LogP contribution in [0.15, 0.2) is 30.6 Å². The number of rotatable bonds is 7. The normalized spacial score (nSPS) is 16.8. The number of hydrogen-bond acceptors (Lipinski definition) is 6. The van der Waals surface area contributed by atoms with E-state index in [0.29, 0.717) is 43.4 Å². The molecule has 1 aromatic heterocycles. The maximum atomic E-state index is 13.6. The van der Waals surface area contributed by atoms with Gasteiger partial charge in [0.15, 0.2) is 5.75 Å². The van der Waals surface area contributed by atoms with E-state index in [0.717, 1.165) is 0 Å². The standard InChI is InChI=1S/C17H19ClFN5O2/c1-26-12-9-22-17(23-10-12)21-6-5-20-15-4-7-24(16(15)25)11-2-3-13(18)14(19)8-11/h2-3,8-10,15,20H,4-7H2,1H3,(H,21,22,23). The van der Waals surface area contributed by atoms with Gasteiger partial charge in [0.05, 0.1) is 30.6 Å². The van der Waals surface area contributed by atoms with Crippen LogP contribution in [0.4, 0.5) is 16.0 Å². The summed E-state index contributed by atoms with van der Waals surface area (Å²) in [6.45, 7) is 1.66. The topological polar surface area (TPSA) is 79.4 Å². The molecule has 1 aliphatic heterocycles. The number of nitrogens with one attached hydrogen (secondary N) is 2. The maximum absolute atomic E-state index is 13.6. The number of amides is 1. The molecule has 1 aliphatic rings. The number of hydrogen-bond donors (Lipinski definition) is 2. The van der Waals surface area contributed by atoms with Gasteiger partial charge in [-0.25, -0.2) is 14.4 Å². The minimum Gasteiger partial charge on any atom is -0.494 e. The van der Waals surface area contributed by atoms with Crippen LogP contribution in [0.25, 0.3) is 0 Å². The van der Waals surface area contributed by atoms with Gasteiger partial charge in [-0.05, 0) is 24.6 Å². The van der Waals surface area contributed by atoms with Gasteiger partial charge in [-0.2, -0.15) is 0 Å². The van der Waals surface area contributed by atoms with Gasteiger partial charge >= 0.3 is 0 Å². The molecule has 1 saturated heterocycles. The molecule has 1 unspecified atom stereocenters. The van der Waals surface area contributed by atoms with E-state index in [4.69, 9.17) is 16.3 Å². The van der Waals surface area contributed by atoms with Crippen LogP contribution in [0.2, 0.25) is 5.02 Å². The maximum Gasteiger partial charge on any atom is 0.244 e. The van der Waals surface area contributed by atoms with Crippen LogP contribution in [0.3, 0.4) is 0 Å². The second kappa shape index (κ2) is 8.29. The third kappa shape index (κ3) is 4.20. The Morgan fingerprint density at radius 1 is 1.35 bits per heavy atom. The molecule has 0 aliphatic carbocycles. The summed E-state index contributed by atoms with van der Waals surface area (Å²) in [5.74, 6) is 0.469. The first-order valence-corrected chi connectivity index (χ1v) is 8.56. The highest BCUT2D eigenvalue weighted by Crippen LogP contribution is 2.25. The lowest BCUT2D eigenvalue weighted by atomic mass is 10.2. The average Bonchev–Trinajstić information content (AvgIpc) is 3.02. The van der Waals surface area contributed by atoms with Crippen molar-refractivity contribution >= 4 is 29.1 Å². The Balaban J connectivity index is 1.47. The predicted octanol–water partition coefficient (Wildman–Crippen LogP) is 2.08. The van der Waals surface area contributed by atoms with Crippen LogP contribution in [0.5, 0.6) is 5.75 Å². The van der Waals surface area contributed by atoms with Crippen LogP contribution in [-0.2, 0) is 4.79 Å². The highest BCUT2D eigenvalue weighted by Gasteiger charge is 2.32. The number of methoxy groups -OCH3 is 1. The Labute approximate surface area is 155 Å². The number of carbonyl (C=O) groups is 1. The van der Waals surface area contributed by atoms with E-state index in [1.165, 1.54) is 12.1 Å². The van der Waals surface area contributed by atoms with Gasteiger partial charge in [-0.1, -0.05) is 11.6 Å². The first kappa shape index (κ1) is 18.3. The first-order valence-electron chi connectivity index (χ1n) is 8.18. The highest BCUT2D eigenvalue weighted by molar-refractivity contribution is 6.30. The van der Waals surface area contributed by atoms with E-state index in [9.17, 15) is 9.18 Å². The van der Waals surface area contributed by atoms with Crippen molar-refractivity contribution in [3.63, 3.8) is 0 Å². The van der Waals surface area contributed by atoms with E-state index in [1.54, 1.807) is 30.5 Å². The van der Waals surface area contributed by atoms with Crippen LogP contribution in [-0.4, -0.2) is 48.7 Å². The summed E-state index contributed by atoms with van der Waals surface area (Å²) < 4.78 is 18.6. The van der Waals surface area contributed by atoms with Gasteiger partial charge in [0.2, 0.25) is 11.9 Å². The van der Waals surface area contributed by atoms with E-state index < -0.39 is 5.82 Å². The number of aromatic nitrogens is 2. The minimum atomic E-state index is -0.530. The molecule has 2 aromatic rings. The summed E-state index contributed by atoms with van der Waals surface area (Å²) in [6, 6.07) is 4.09. The summed E-state index contributed by atoms with van der Waals surface area (Å²) in [5.41, 5.74) is 0.519. The quantitative estimate of drug-likeness (QED) is 0.717. The summed E-state index contributed by atoms with van der Waals surface area (Å²) in [7, 11) is 1.55. The number of anilines is 2. The number of halogens is 2. The van der Waals surface area contributed by atoms with Crippen molar-refractivity contribution in [2.45, 2.75) is 12.5 Å². The molecule has 1 atom stereocenters. The Morgan fingerprint density at radius 2 is 2.12 bits per heavy atom. The van der Waals surface area contributed by atoms with E-state index in [2.05, 4.69) is 20.6 Å². The highest BCUT2D eigenvalue weighted by atomic mass is 35.5. The molecule has 1 amide bonds. The molecule has 0 saturated carbocycles. The fourth-order valence-electron chi connectivity index (χ4n) is 2.71. The second-order valence-corrected chi connectivity index (χ2v) is 6.16. The van der Waals surface area contributed by atoms with Gasteiger partial charge in [0.1, 0.15) is 5.82 Å². The predicted molar refractivity (Wildman–Crippen MR) is 97.2 cm³/mol. The van der Waals surface area contributed by atoms with Crippen molar-refractivity contribution < 1.29 is 13.9 Å². The summed E-state index contributed by atoms with van der Waals surface area (Å²) in [4.78, 5) is 22.3. The van der Waals surface area contributed by atoms with Crippen LogP contribution >= 0.6 is 11.6 Å². The lowest BCUT2D eigenvalue weighted by molar-refractivity contribution is -0.118. The third-order valence-electron chi connectivity index (χ3n) is 4.08. The molecule has 138 valence electrons. The monoisotopic (exact) mass is 379 g/mol. The molecular weight excluding hydrogens is 361 g/mol. The number of benzene rings is 1. The molecule has 0 radical (unpaired) electrons. The van der Waals surface area contributed by atoms with Crippen LogP contribution < -0.4 is 20.3 Å². The molecule has 1 aromatic carbocycles. The Morgan fingerprint density at radius 3 is 2.81 bits per heavy atom. The van der Waals surface area contributed by atoms with E-state index >= 15 is 0 Å². The van der Waals surface area contributed by atoms with Gasteiger partial charge < -0.3 is 20.3 Å².